The predicted octanol–water partition coefficient (Wildman–Crippen LogP) is 3.07. The van der Waals surface area contributed by atoms with Crippen LogP contribution >= 0.6 is 0 Å². The second-order valence-electron chi connectivity index (χ2n) is 4.79. The highest BCUT2D eigenvalue weighted by molar-refractivity contribution is 6.35. The van der Waals surface area contributed by atoms with Crippen LogP contribution < -0.4 is 4.90 Å². The molecule has 1 aliphatic heterocycles. The SMILES string of the molecule is CN1C(=O)C(=CC(=O)c2ccccc2)c2cccc(F)c21. The van der Waals surface area contributed by atoms with Crippen LogP contribution in [0.4, 0.5) is 10.1 Å². The number of hydrogen-bond acceptors (Lipinski definition) is 2. The fourth-order valence-corrected chi connectivity index (χ4v) is 2.43. The number of rotatable bonds is 2. The van der Waals surface area contributed by atoms with E-state index < -0.39 is 5.82 Å². The third-order valence-electron chi connectivity index (χ3n) is 3.48. The van der Waals surface area contributed by atoms with Gasteiger partial charge in [0.05, 0.1) is 11.3 Å². The van der Waals surface area contributed by atoms with Gasteiger partial charge < -0.3 is 4.90 Å². The number of likely N-dealkylation sites (N-methyl/N-ethyl adjacent to an activating group) is 1. The van der Waals surface area contributed by atoms with E-state index in [0.29, 0.717) is 11.1 Å². The summed E-state index contributed by atoms with van der Waals surface area (Å²) >= 11 is 0. The Balaban J connectivity index is 2.08. The molecule has 0 spiro atoms. The number of nitrogens with zero attached hydrogens (tertiary/aromatic N) is 1. The molecule has 0 saturated carbocycles. The lowest BCUT2D eigenvalue weighted by Gasteiger charge is -2.09. The van der Waals surface area contributed by atoms with Crippen LogP contribution in [-0.2, 0) is 4.79 Å². The molecule has 0 bridgehead atoms. The summed E-state index contributed by atoms with van der Waals surface area (Å²) in [6.45, 7) is 0. The van der Waals surface area contributed by atoms with Crippen molar-refractivity contribution in [2.75, 3.05) is 11.9 Å². The largest absolute Gasteiger partial charge is 0.308 e. The Morgan fingerprint density at radius 3 is 2.52 bits per heavy atom. The summed E-state index contributed by atoms with van der Waals surface area (Å²) in [4.78, 5) is 25.7. The molecule has 3 rings (SSSR count). The first-order valence-corrected chi connectivity index (χ1v) is 6.47. The van der Waals surface area contributed by atoms with Gasteiger partial charge >= 0.3 is 0 Å². The van der Waals surface area contributed by atoms with Crippen molar-refractivity contribution in [2.24, 2.45) is 0 Å². The molecule has 0 aromatic heterocycles. The van der Waals surface area contributed by atoms with Crippen molar-refractivity contribution in [1.82, 2.24) is 0 Å². The Morgan fingerprint density at radius 2 is 1.81 bits per heavy atom. The molecular weight excluding hydrogens is 269 g/mol. The van der Waals surface area contributed by atoms with Crippen LogP contribution in [0.2, 0.25) is 0 Å². The second-order valence-corrected chi connectivity index (χ2v) is 4.79. The number of fused-ring (bicyclic) bond motifs is 1. The fraction of sp³-hybridized carbons (Fsp3) is 0.0588. The smallest absolute Gasteiger partial charge is 0.258 e. The molecule has 1 heterocycles. The number of anilines is 1. The number of carbonyl (C=O) groups excluding carboxylic acids is 2. The first-order chi connectivity index (χ1) is 10.1. The van der Waals surface area contributed by atoms with E-state index in [2.05, 4.69) is 0 Å². The van der Waals surface area contributed by atoms with Crippen molar-refractivity contribution in [3.8, 4) is 0 Å². The number of benzene rings is 2. The first kappa shape index (κ1) is 13.2. The van der Waals surface area contributed by atoms with Crippen LogP contribution in [0.1, 0.15) is 15.9 Å². The zero-order chi connectivity index (χ0) is 15.0. The maximum atomic E-state index is 13.8. The number of carbonyl (C=O) groups is 2. The molecule has 0 fully saturated rings. The third-order valence-corrected chi connectivity index (χ3v) is 3.48. The van der Waals surface area contributed by atoms with Gasteiger partial charge in [0.25, 0.3) is 5.91 Å². The molecule has 2 aromatic rings. The summed E-state index contributed by atoms with van der Waals surface area (Å²) in [6, 6.07) is 13.1. The molecule has 1 aliphatic rings. The van der Waals surface area contributed by atoms with Crippen LogP contribution in [0.3, 0.4) is 0 Å². The minimum Gasteiger partial charge on any atom is -0.308 e. The lowest BCUT2D eigenvalue weighted by atomic mass is 10.0. The highest BCUT2D eigenvalue weighted by Gasteiger charge is 2.32. The fourth-order valence-electron chi connectivity index (χ4n) is 2.43. The molecule has 0 N–H and O–H groups in total. The summed E-state index contributed by atoms with van der Waals surface area (Å²) in [7, 11) is 1.50. The van der Waals surface area contributed by atoms with E-state index in [1.807, 2.05) is 6.07 Å². The summed E-state index contributed by atoms with van der Waals surface area (Å²) in [5.74, 6) is -1.12. The number of halogens is 1. The standard InChI is InChI=1S/C17H12FNO2/c1-19-16-12(8-5-9-14(16)18)13(17(19)21)10-15(20)11-6-3-2-4-7-11/h2-10H,1H3. The number of ketones is 1. The van der Waals surface area contributed by atoms with E-state index in [9.17, 15) is 14.0 Å². The number of hydrogen-bond donors (Lipinski definition) is 0. The molecule has 21 heavy (non-hydrogen) atoms. The Hall–Kier alpha value is -2.75. The molecule has 0 saturated heterocycles. The van der Waals surface area contributed by atoms with Gasteiger partial charge in [-0.2, -0.15) is 0 Å². The molecule has 0 unspecified atom stereocenters. The van der Waals surface area contributed by atoms with Crippen LogP contribution in [0.15, 0.2) is 54.6 Å². The normalized spacial score (nSPS) is 15.4. The van der Waals surface area contributed by atoms with Crippen molar-refractivity contribution in [3.05, 3.63) is 71.6 Å². The van der Waals surface area contributed by atoms with E-state index in [1.165, 1.54) is 30.2 Å². The second kappa shape index (κ2) is 4.98. The van der Waals surface area contributed by atoms with E-state index >= 15 is 0 Å². The zero-order valence-corrected chi connectivity index (χ0v) is 11.3. The molecule has 104 valence electrons. The Bertz CT molecular complexity index is 766. The molecule has 0 radical (unpaired) electrons. The van der Waals surface area contributed by atoms with Gasteiger partial charge in [0.15, 0.2) is 5.78 Å². The number of para-hydroxylation sites is 1. The van der Waals surface area contributed by atoms with Gasteiger partial charge in [-0.15, -0.1) is 0 Å². The quantitative estimate of drug-likeness (QED) is 0.626. The zero-order valence-electron chi connectivity index (χ0n) is 11.3. The van der Waals surface area contributed by atoms with Crippen molar-refractivity contribution in [2.45, 2.75) is 0 Å². The maximum Gasteiger partial charge on any atom is 0.258 e. The van der Waals surface area contributed by atoms with Crippen LogP contribution in [0, 0.1) is 5.82 Å². The van der Waals surface area contributed by atoms with E-state index in [1.54, 1.807) is 30.3 Å². The Kier molecular flexibility index (Phi) is 3.14. The van der Waals surface area contributed by atoms with Crippen molar-refractivity contribution >= 4 is 23.0 Å². The number of allylic oxidation sites excluding steroid dienone is 1. The summed E-state index contributed by atoms with van der Waals surface area (Å²) in [5.41, 5.74) is 1.38. The molecule has 2 aromatic carbocycles. The first-order valence-electron chi connectivity index (χ1n) is 6.47. The third kappa shape index (κ3) is 2.14. The predicted molar refractivity (Wildman–Crippen MR) is 78.6 cm³/mol. The summed E-state index contributed by atoms with van der Waals surface area (Å²) in [6.07, 6.45) is 1.28. The summed E-state index contributed by atoms with van der Waals surface area (Å²) < 4.78 is 13.8. The van der Waals surface area contributed by atoms with Crippen molar-refractivity contribution < 1.29 is 14.0 Å². The molecule has 0 atom stereocenters. The van der Waals surface area contributed by atoms with Crippen molar-refractivity contribution in [3.63, 3.8) is 0 Å². The number of amides is 1. The molecule has 3 nitrogen and oxygen atoms in total. The van der Waals surface area contributed by atoms with Crippen LogP contribution in [0.5, 0.6) is 0 Å². The highest BCUT2D eigenvalue weighted by Crippen LogP contribution is 2.37. The Labute approximate surface area is 121 Å². The average Bonchev–Trinajstić information content (AvgIpc) is 2.74. The molecule has 0 aliphatic carbocycles. The summed E-state index contributed by atoms with van der Waals surface area (Å²) in [5, 5.41) is 0. The lowest BCUT2D eigenvalue weighted by molar-refractivity contribution is -0.112. The van der Waals surface area contributed by atoms with Gasteiger partial charge in [-0.05, 0) is 12.1 Å². The van der Waals surface area contributed by atoms with Gasteiger partial charge in [-0.25, -0.2) is 4.39 Å². The minimum atomic E-state index is -0.473. The Morgan fingerprint density at radius 1 is 1.10 bits per heavy atom. The van der Waals surface area contributed by atoms with Gasteiger partial charge in [-0.3, -0.25) is 9.59 Å². The van der Waals surface area contributed by atoms with Crippen molar-refractivity contribution in [1.29, 1.82) is 0 Å². The van der Waals surface area contributed by atoms with Gasteiger partial charge in [0, 0.05) is 18.2 Å². The van der Waals surface area contributed by atoms with Crippen LogP contribution in [0.25, 0.3) is 5.57 Å². The van der Waals surface area contributed by atoms with Gasteiger partial charge in [-0.1, -0.05) is 42.5 Å². The average molecular weight is 281 g/mol. The van der Waals surface area contributed by atoms with Crippen LogP contribution in [-0.4, -0.2) is 18.7 Å². The van der Waals surface area contributed by atoms with Gasteiger partial charge in [0.2, 0.25) is 0 Å². The molecule has 1 amide bonds. The topological polar surface area (TPSA) is 37.4 Å². The van der Waals surface area contributed by atoms with E-state index in [-0.39, 0.29) is 23.0 Å². The molecular formula is C17H12FNO2. The van der Waals surface area contributed by atoms with E-state index in [4.69, 9.17) is 0 Å². The maximum absolute atomic E-state index is 13.8. The minimum absolute atomic E-state index is 0.217. The monoisotopic (exact) mass is 281 g/mol. The van der Waals surface area contributed by atoms with Gasteiger partial charge in [0.1, 0.15) is 5.82 Å². The lowest BCUT2D eigenvalue weighted by Crippen LogP contribution is -2.21. The van der Waals surface area contributed by atoms with E-state index in [0.717, 1.165) is 0 Å². The molecule has 4 heteroatoms. The highest BCUT2D eigenvalue weighted by atomic mass is 19.1.